The van der Waals surface area contributed by atoms with Crippen molar-refractivity contribution in [1.82, 2.24) is 4.90 Å². The Morgan fingerprint density at radius 3 is 2.79 bits per heavy atom. The normalized spacial score (nSPS) is 24.3. The van der Waals surface area contributed by atoms with Gasteiger partial charge in [-0.3, -0.25) is 4.90 Å². The van der Waals surface area contributed by atoms with Crippen LogP contribution in [0, 0.1) is 17.1 Å². The maximum absolute atomic E-state index is 14.3. The van der Waals surface area contributed by atoms with Gasteiger partial charge < -0.3 is 9.84 Å². The smallest absolute Gasteiger partial charge is 0.130 e. The summed E-state index contributed by atoms with van der Waals surface area (Å²) >= 11 is 12.6. The fourth-order valence-electron chi connectivity index (χ4n) is 4.12. The maximum atomic E-state index is 14.3. The Balaban J connectivity index is 1.61. The van der Waals surface area contributed by atoms with E-state index in [0.717, 1.165) is 24.1 Å². The van der Waals surface area contributed by atoms with Crippen molar-refractivity contribution >= 4 is 23.2 Å². The lowest BCUT2D eigenvalue weighted by atomic mass is 10.1. The van der Waals surface area contributed by atoms with Crippen LogP contribution in [0.15, 0.2) is 30.3 Å². The van der Waals surface area contributed by atoms with Crippen LogP contribution in [-0.2, 0) is 17.8 Å². The molecule has 2 unspecified atom stereocenters. The number of rotatable bonds is 4. The highest BCUT2D eigenvalue weighted by Crippen LogP contribution is 2.43. The number of hydrogen-bond donors (Lipinski definition) is 1. The van der Waals surface area contributed by atoms with Crippen LogP contribution in [0.25, 0.3) is 0 Å². The van der Waals surface area contributed by atoms with Gasteiger partial charge in [0.05, 0.1) is 30.4 Å². The van der Waals surface area contributed by atoms with Gasteiger partial charge >= 0.3 is 0 Å². The molecule has 1 heterocycles. The van der Waals surface area contributed by atoms with E-state index in [2.05, 4.69) is 4.90 Å². The minimum Gasteiger partial charge on any atom is -0.392 e. The number of aliphatic hydroxyl groups excluding tert-OH is 1. The van der Waals surface area contributed by atoms with Crippen LogP contribution in [0.1, 0.15) is 34.8 Å². The Bertz CT molecular complexity index is 947. The van der Waals surface area contributed by atoms with E-state index in [1.807, 2.05) is 12.1 Å². The maximum Gasteiger partial charge on any atom is 0.130 e. The van der Waals surface area contributed by atoms with E-state index >= 15 is 0 Å². The topological polar surface area (TPSA) is 56.5 Å². The molecule has 1 aliphatic heterocycles. The lowest BCUT2D eigenvalue weighted by Gasteiger charge is -2.29. The Labute approximate surface area is 173 Å². The number of halogens is 3. The minimum absolute atomic E-state index is 0.00422. The summed E-state index contributed by atoms with van der Waals surface area (Å²) in [6.07, 6.45) is 0.739. The first-order chi connectivity index (χ1) is 13.5. The zero-order valence-electron chi connectivity index (χ0n) is 15.0. The molecule has 0 amide bonds. The van der Waals surface area contributed by atoms with Gasteiger partial charge in [0.2, 0.25) is 0 Å². The Morgan fingerprint density at radius 1 is 1.29 bits per heavy atom. The van der Waals surface area contributed by atoms with Crippen LogP contribution in [0.3, 0.4) is 0 Å². The van der Waals surface area contributed by atoms with Gasteiger partial charge in [0.1, 0.15) is 5.82 Å². The van der Waals surface area contributed by atoms with Gasteiger partial charge in [-0.05, 0) is 48.2 Å². The second-order valence-corrected chi connectivity index (χ2v) is 8.16. The summed E-state index contributed by atoms with van der Waals surface area (Å²) in [6.45, 7) is 1.42. The fraction of sp³-hybridized carbons (Fsp3) is 0.381. The molecule has 1 aliphatic carbocycles. The quantitative estimate of drug-likeness (QED) is 0.802. The number of nitriles is 1. The highest BCUT2D eigenvalue weighted by molar-refractivity contribution is 6.35. The Morgan fingerprint density at radius 2 is 2.11 bits per heavy atom. The molecular weight excluding hydrogens is 402 g/mol. The van der Waals surface area contributed by atoms with Crippen molar-refractivity contribution in [1.29, 1.82) is 5.26 Å². The summed E-state index contributed by atoms with van der Waals surface area (Å²) in [4.78, 5) is 2.20. The van der Waals surface area contributed by atoms with Crippen molar-refractivity contribution in [3.63, 3.8) is 0 Å². The third kappa shape index (κ3) is 3.76. The number of nitrogens with zero attached hydrogens (tertiary/aromatic N) is 2. The second kappa shape index (κ2) is 7.98. The summed E-state index contributed by atoms with van der Waals surface area (Å²) in [5.74, 6) is -0.463. The van der Waals surface area contributed by atoms with E-state index in [1.165, 1.54) is 6.07 Å². The number of aliphatic hydroxyl groups is 1. The largest absolute Gasteiger partial charge is 0.392 e. The first kappa shape index (κ1) is 19.6. The monoisotopic (exact) mass is 420 g/mol. The molecule has 4 rings (SSSR count). The molecule has 7 heteroatoms. The third-order valence-corrected chi connectivity index (χ3v) is 6.08. The minimum atomic E-state index is -0.463. The molecule has 146 valence electrons. The molecule has 0 radical (unpaired) electrons. The molecule has 1 fully saturated rings. The molecule has 3 atom stereocenters. The summed E-state index contributed by atoms with van der Waals surface area (Å²) in [5.41, 5.74) is 2.57. The fourth-order valence-corrected chi connectivity index (χ4v) is 4.71. The Hall–Kier alpha value is -1.68. The molecule has 0 bridgehead atoms. The number of benzene rings is 2. The molecule has 2 aliphatic rings. The number of hydrogen-bond acceptors (Lipinski definition) is 4. The van der Waals surface area contributed by atoms with E-state index in [1.54, 1.807) is 18.2 Å². The molecule has 0 spiro atoms. The van der Waals surface area contributed by atoms with Crippen molar-refractivity contribution < 1.29 is 14.2 Å². The third-order valence-electron chi connectivity index (χ3n) is 5.53. The summed E-state index contributed by atoms with van der Waals surface area (Å²) in [6, 6.07) is 9.87. The predicted octanol–water partition coefficient (Wildman–Crippen LogP) is 4.25. The molecule has 2 aromatic carbocycles. The average molecular weight is 421 g/mol. The lowest BCUT2D eigenvalue weighted by Crippen LogP contribution is -2.38. The van der Waals surface area contributed by atoms with Gasteiger partial charge in [-0.25, -0.2) is 4.39 Å². The van der Waals surface area contributed by atoms with E-state index in [4.69, 9.17) is 33.2 Å². The molecule has 0 aromatic heterocycles. The van der Waals surface area contributed by atoms with Crippen molar-refractivity contribution in [3.05, 3.63) is 68.4 Å². The van der Waals surface area contributed by atoms with Gasteiger partial charge in [-0.2, -0.15) is 5.26 Å². The van der Waals surface area contributed by atoms with Crippen LogP contribution < -0.4 is 0 Å². The first-order valence-electron chi connectivity index (χ1n) is 9.16. The van der Waals surface area contributed by atoms with E-state index in [0.29, 0.717) is 28.6 Å². The summed E-state index contributed by atoms with van der Waals surface area (Å²) in [5, 5.41) is 20.0. The SMILES string of the molecule is N#Cc1ccc(COC2c3cc(Cl)cc(Cl)c3C[C@@H]2N2CCC(O)C2)c(F)c1. The van der Waals surface area contributed by atoms with Crippen molar-refractivity contribution in [2.45, 2.75) is 37.7 Å². The average Bonchev–Trinajstić information content (AvgIpc) is 3.24. The highest BCUT2D eigenvalue weighted by Gasteiger charge is 2.40. The van der Waals surface area contributed by atoms with E-state index < -0.39 is 5.82 Å². The zero-order chi connectivity index (χ0) is 19.8. The van der Waals surface area contributed by atoms with Gasteiger partial charge in [0, 0.05) is 34.7 Å². The van der Waals surface area contributed by atoms with Gasteiger partial charge in [-0.1, -0.05) is 29.3 Å². The van der Waals surface area contributed by atoms with Crippen LogP contribution in [0.4, 0.5) is 4.39 Å². The molecule has 2 aromatic rings. The van der Waals surface area contributed by atoms with Crippen LogP contribution in [-0.4, -0.2) is 35.2 Å². The molecule has 4 nitrogen and oxygen atoms in total. The van der Waals surface area contributed by atoms with Gasteiger partial charge in [0.15, 0.2) is 0 Å². The first-order valence-corrected chi connectivity index (χ1v) is 9.92. The van der Waals surface area contributed by atoms with Crippen LogP contribution in [0.2, 0.25) is 10.0 Å². The van der Waals surface area contributed by atoms with Crippen molar-refractivity contribution in [3.8, 4) is 6.07 Å². The standard InChI is InChI=1S/C21H19Cl2FN2O2/c22-14-6-17-16(18(23)7-14)8-20(26-4-3-15(27)10-26)21(17)28-11-13-2-1-12(9-25)5-19(13)24/h1-2,5-7,15,20-21,27H,3-4,8,10-11H2/t15?,20-,21?/m0/s1. The predicted molar refractivity (Wildman–Crippen MR) is 105 cm³/mol. The summed E-state index contributed by atoms with van der Waals surface area (Å²) < 4.78 is 20.4. The van der Waals surface area contributed by atoms with Gasteiger partial charge in [-0.15, -0.1) is 0 Å². The van der Waals surface area contributed by atoms with Gasteiger partial charge in [0.25, 0.3) is 0 Å². The molecule has 1 saturated heterocycles. The highest BCUT2D eigenvalue weighted by atomic mass is 35.5. The van der Waals surface area contributed by atoms with E-state index in [9.17, 15) is 9.50 Å². The molecule has 0 saturated carbocycles. The van der Waals surface area contributed by atoms with Crippen LogP contribution >= 0.6 is 23.2 Å². The number of ether oxygens (including phenoxy) is 1. The Kier molecular flexibility index (Phi) is 5.59. The number of β-amino-alcohol motifs (C(OH)–C–C–N with tert-alkyl or cyclic N) is 1. The zero-order valence-corrected chi connectivity index (χ0v) is 16.5. The van der Waals surface area contributed by atoms with Crippen molar-refractivity contribution in [2.75, 3.05) is 13.1 Å². The number of likely N-dealkylation sites (tertiary alicyclic amines) is 1. The molecule has 1 N–H and O–H groups in total. The van der Waals surface area contributed by atoms with Crippen LogP contribution in [0.5, 0.6) is 0 Å². The van der Waals surface area contributed by atoms with E-state index in [-0.39, 0.29) is 30.4 Å². The second-order valence-electron chi connectivity index (χ2n) is 7.31. The number of fused-ring (bicyclic) bond motifs is 1. The van der Waals surface area contributed by atoms with Crippen molar-refractivity contribution in [2.24, 2.45) is 0 Å². The molecular formula is C21H19Cl2FN2O2. The summed E-state index contributed by atoms with van der Waals surface area (Å²) in [7, 11) is 0. The molecule has 28 heavy (non-hydrogen) atoms. The lowest BCUT2D eigenvalue weighted by molar-refractivity contribution is -0.0145.